The number of rotatable bonds is 3. The zero-order chi connectivity index (χ0) is 14.9. The minimum absolute atomic E-state index is 0.0295. The minimum atomic E-state index is -1.46. The second-order valence-corrected chi connectivity index (χ2v) is 6.60. The maximum atomic E-state index is 13.2. The van der Waals surface area contributed by atoms with E-state index in [0.29, 0.717) is 11.6 Å². The number of benzene rings is 1. The van der Waals surface area contributed by atoms with Crippen molar-refractivity contribution in [2.24, 2.45) is 0 Å². The molecule has 0 spiro atoms. The maximum Gasteiger partial charge on any atom is 0.194 e. The quantitative estimate of drug-likeness (QED) is 0.863. The van der Waals surface area contributed by atoms with Gasteiger partial charge in [-0.05, 0) is 32.9 Å². The van der Waals surface area contributed by atoms with Crippen molar-refractivity contribution < 1.29 is 13.2 Å². The van der Waals surface area contributed by atoms with Crippen molar-refractivity contribution in [3.63, 3.8) is 0 Å². The van der Waals surface area contributed by atoms with E-state index >= 15 is 0 Å². The normalized spacial score (nSPS) is 11.9. The molecule has 108 valence electrons. The third-order valence-corrected chi connectivity index (χ3v) is 3.62. The number of aromatic nitrogens is 1. The van der Waals surface area contributed by atoms with Gasteiger partial charge in [0.15, 0.2) is 17.5 Å². The fourth-order valence-electron chi connectivity index (χ4n) is 1.55. The molecule has 0 bridgehead atoms. The average Bonchev–Trinajstić information content (AvgIpc) is 2.81. The number of thiazole rings is 1. The molecule has 0 radical (unpaired) electrons. The molecule has 1 aromatic carbocycles. The first-order valence-electron chi connectivity index (χ1n) is 6.11. The first-order chi connectivity index (χ1) is 9.26. The summed E-state index contributed by atoms with van der Waals surface area (Å²) in [5, 5.41) is 3.76. The van der Waals surface area contributed by atoms with E-state index in [-0.39, 0.29) is 11.1 Å². The van der Waals surface area contributed by atoms with Crippen molar-refractivity contribution in [3.05, 3.63) is 40.7 Å². The van der Waals surface area contributed by atoms with Crippen LogP contribution in [0, 0.1) is 17.5 Å². The predicted molar refractivity (Wildman–Crippen MR) is 74.0 cm³/mol. The van der Waals surface area contributed by atoms with E-state index in [1.165, 1.54) is 11.3 Å². The highest BCUT2D eigenvalue weighted by Crippen LogP contribution is 2.28. The lowest BCUT2D eigenvalue weighted by atomic mass is 10.1. The van der Waals surface area contributed by atoms with Gasteiger partial charge in [0.1, 0.15) is 5.01 Å². The Kier molecular flexibility index (Phi) is 4.15. The standard InChI is InChI=1S/C14H15F3N2S/c1-14(2,3)19-7-9-6-18-13(20-9)8-4-10(15)12(17)11(16)5-8/h4-6,19H,7H2,1-3H3. The van der Waals surface area contributed by atoms with Crippen LogP contribution in [0.2, 0.25) is 0 Å². The summed E-state index contributed by atoms with van der Waals surface area (Å²) in [5.41, 5.74) is 0.214. The zero-order valence-electron chi connectivity index (χ0n) is 11.4. The fourth-order valence-corrected chi connectivity index (χ4v) is 2.39. The Balaban J connectivity index is 2.21. The van der Waals surface area contributed by atoms with Crippen molar-refractivity contribution >= 4 is 11.3 Å². The first kappa shape index (κ1) is 15.0. The molecule has 1 heterocycles. The van der Waals surface area contributed by atoms with Crippen LogP contribution in [0.5, 0.6) is 0 Å². The number of nitrogens with one attached hydrogen (secondary N) is 1. The second kappa shape index (κ2) is 5.54. The third kappa shape index (κ3) is 3.58. The number of hydrogen-bond acceptors (Lipinski definition) is 3. The fraction of sp³-hybridized carbons (Fsp3) is 0.357. The molecule has 0 saturated carbocycles. The second-order valence-electron chi connectivity index (χ2n) is 5.49. The molecule has 0 fully saturated rings. The first-order valence-corrected chi connectivity index (χ1v) is 6.92. The molecular formula is C14H15F3N2S. The molecule has 0 saturated heterocycles. The van der Waals surface area contributed by atoms with Crippen molar-refractivity contribution in [3.8, 4) is 10.6 Å². The average molecular weight is 300 g/mol. The third-order valence-electron chi connectivity index (χ3n) is 2.58. The van der Waals surface area contributed by atoms with Crippen LogP contribution in [0.15, 0.2) is 18.3 Å². The van der Waals surface area contributed by atoms with Crippen LogP contribution in [0.1, 0.15) is 25.6 Å². The van der Waals surface area contributed by atoms with Crippen LogP contribution in [0.3, 0.4) is 0 Å². The van der Waals surface area contributed by atoms with Gasteiger partial charge in [-0.25, -0.2) is 18.2 Å². The van der Waals surface area contributed by atoms with E-state index < -0.39 is 17.5 Å². The summed E-state index contributed by atoms with van der Waals surface area (Å²) in [7, 11) is 0. The summed E-state index contributed by atoms with van der Waals surface area (Å²) >= 11 is 1.32. The number of halogens is 3. The SMILES string of the molecule is CC(C)(C)NCc1cnc(-c2cc(F)c(F)c(F)c2)s1. The molecule has 0 aliphatic carbocycles. The molecule has 0 aliphatic rings. The van der Waals surface area contributed by atoms with Gasteiger partial charge in [-0.15, -0.1) is 11.3 Å². The molecule has 0 unspecified atom stereocenters. The Morgan fingerprint density at radius 2 is 1.75 bits per heavy atom. The Morgan fingerprint density at radius 3 is 2.30 bits per heavy atom. The lowest BCUT2D eigenvalue weighted by molar-refractivity contribution is 0.426. The largest absolute Gasteiger partial charge is 0.307 e. The summed E-state index contributed by atoms with van der Waals surface area (Å²) in [6.07, 6.45) is 1.65. The molecule has 0 amide bonds. The Bertz CT molecular complexity index is 594. The van der Waals surface area contributed by atoms with Crippen LogP contribution >= 0.6 is 11.3 Å². The molecule has 20 heavy (non-hydrogen) atoms. The van der Waals surface area contributed by atoms with Gasteiger partial charge < -0.3 is 5.32 Å². The molecule has 1 N–H and O–H groups in total. The van der Waals surface area contributed by atoms with E-state index in [1.54, 1.807) is 6.20 Å². The number of nitrogens with zero attached hydrogens (tertiary/aromatic N) is 1. The molecule has 6 heteroatoms. The molecule has 2 nitrogen and oxygen atoms in total. The van der Waals surface area contributed by atoms with Gasteiger partial charge >= 0.3 is 0 Å². The zero-order valence-corrected chi connectivity index (χ0v) is 12.2. The summed E-state index contributed by atoms with van der Waals surface area (Å²) in [6.45, 7) is 6.74. The lowest BCUT2D eigenvalue weighted by Gasteiger charge is -2.19. The van der Waals surface area contributed by atoms with E-state index in [9.17, 15) is 13.2 Å². The molecule has 2 aromatic rings. The summed E-state index contributed by atoms with van der Waals surface area (Å²) in [4.78, 5) is 5.07. The van der Waals surface area contributed by atoms with Crippen LogP contribution in [-0.4, -0.2) is 10.5 Å². The van der Waals surface area contributed by atoms with E-state index in [1.807, 2.05) is 20.8 Å². The van der Waals surface area contributed by atoms with Gasteiger partial charge in [0.05, 0.1) is 0 Å². The predicted octanol–water partition coefficient (Wildman–Crippen LogP) is 4.12. The van der Waals surface area contributed by atoms with Gasteiger partial charge in [0.2, 0.25) is 0 Å². The van der Waals surface area contributed by atoms with Crippen molar-refractivity contribution in [1.82, 2.24) is 10.3 Å². The van der Waals surface area contributed by atoms with Gasteiger partial charge in [-0.3, -0.25) is 0 Å². The van der Waals surface area contributed by atoms with E-state index in [4.69, 9.17) is 0 Å². The van der Waals surface area contributed by atoms with Gasteiger partial charge in [-0.1, -0.05) is 0 Å². The minimum Gasteiger partial charge on any atom is -0.307 e. The van der Waals surface area contributed by atoms with Crippen molar-refractivity contribution in [1.29, 1.82) is 0 Å². The molecule has 1 aromatic heterocycles. The molecular weight excluding hydrogens is 285 g/mol. The van der Waals surface area contributed by atoms with E-state index in [0.717, 1.165) is 17.0 Å². The topological polar surface area (TPSA) is 24.9 Å². The highest BCUT2D eigenvalue weighted by atomic mass is 32.1. The van der Waals surface area contributed by atoms with Crippen molar-refractivity contribution in [2.45, 2.75) is 32.9 Å². The van der Waals surface area contributed by atoms with Gasteiger partial charge in [-0.2, -0.15) is 0 Å². The maximum absolute atomic E-state index is 13.2. The van der Waals surface area contributed by atoms with Crippen LogP contribution in [0.4, 0.5) is 13.2 Å². The highest BCUT2D eigenvalue weighted by Gasteiger charge is 2.14. The van der Waals surface area contributed by atoms with E-state index in [2.05, 4.69) is 10.3 Å². The summed E-state index contributed by atoms with van der Waals surface area (Å²) < 4.78 is 39.3. The van der Waals surface area contributed by atoms with Crippen LogP contribution in [0.25, 0.3) is 10.6 Å². The molecule has 0 atom stereocenters. The Hall–Kier alpha value is -1.40. The van der Waals surface area contributed by atoms with Crippen LogP contribution in [-0.2, 0) is 6.54 Å². The molecule has 0 aliphatic heterocycles. The number of hydrogen-bond donors (Lipinski definition) is 1. The smallest absolute Gasteiger partial charge is 0.194 e. The van der Waals surface area contributed by atoms with Gasteiger partial charge in [0.25, 0.3) is 0 Å². The Morgan fingerprint density at radius 1 is 1.15 bits per heavy atom. The lowest BCUT2D eigenvalue weighted by Crippen LogP contribution is -2.34. The van der Waals surface area contributed by atoms with Gasteiger partial charge in [0, 0.05) is 28.7 Å². The Labute approximate surface area is 119 Å². The van der Waals surface area contributed by atoms with Crippen molar-refractivity contribution in [2.75, 3.05) is 0 Å². The summed E-state index contributed by atoms with van der Waals surface area (Å²) in [5.74, 6) is -3.87. The highest BCUT2D eigenvalue weighted by molar-refractivity contribution is 7.15. The van der Waals surface area contributed by atoms with Crippen LogP contribution < -0.4 is 5.32 Å². The molecule has 2 rings (SSSR count). The summed E-state index contributed by atoms with van der Waals surface area (Å²) in [6, 6.07) is 1.91. The monoisotopic (exact) mass is 300 g/mol.